The van der Waals surface area contributed by atoms with Crippen LogP contribution < -0.4 is 5.32 Å². The highest BCUT2D eigenvalue weighted by molar-refractivity contribution is 6.16. The van der Waals surface area contributed by atoms with Crippen LogP contribution in [0.1, 0.15) is 47.5 Å². The highest BCUT2D eigenvalue weighted by atomic mass is 19.4. The van der Waals surface area contributed by atoms with Gasteiger partial charge in [-0.3, -0.25) is 14.8 Å². The number of carbonyl (C=O) groups is 1. The fourth-order valence-corrected chi connectivity index (χ4v) is 4.12. The molecule has 0 radical (unpaired) electrons. The first-order valence-corrected chi connectivity index (χ1v) is 9.29. The third-order valence-corrected chi connectivity index (χ3v) is 5.76. The Morgan fingerprint density at radius 2 is 2.07 bits per heavy atom. The van der Waals surface area contributed by atoms with Crippen LogP contribution in [0.5, 0.6) is 0 Å². The van der Waals surface area contributed by atoms with Gasteiger partial charge in [-0.25, -0.2) is 4.98 Å². The zero-order valence-electron chi connectivity index (χ0n) is 14.9. The first-order chi connectivity index (χ1) is 13.4. The fourth-order valence-electron chi connectivity index (χ4n) is 4.12. The van der Waals surface area contributed by atoms with Crippen molar-refractivity contribution in [2.45, 2.75) is 37.3 Å². The van der Waals surface area contributed by atoms with Crippen molar-refractivity contribution < 1.29 is 18.0 Å². The lowest BCUT2D eigenvalue weighted by molar-refractivity contribution is -0.141. The predicted octanol–water partition coefficient (Wildman–Crippen LogP) is 3.01. The van der Waals surface area contributed by atoms with Crippen molar-refractivity contribution in [3.8, 4) is 0 Å². The minimum Gasteiger partial charge on any atom is -0.309 e. The number of aliphatic imine (C=N–C) groups is 1. The number of alkyl halides is 3. The Kier molecular flexibility index (Phi) is 3.63. The molecule has 0 unspecified atom stereocenters. The number of aryl methyl sites for hydroxylation is 1. The summed E-state index contributed by atoms with van der Waals surface area (Å²) in [5, 5.41) is 2.85. The molecule has 2 aliphatic carbocycles. The standard InChI is InChI=1S/C20H17F3N4O/c21-20(22,23)15-6-5-12-16(26-15)19(8-7-14-13(19)2-1-9-24-14)18(28)27-17(12)25-10-11-3-4-11/h1-2,5-6,9,11H,3-4,7-8,10H2,(H,25,27,28)/t19-/m1/s1. The van der Waals surface area contributed by atoms with Gasteiger partial charge >= 0.3 is 6.18 Å². The Morgan fingerprint density at radius 1 is 1.25 bits per heavy atom. The maximum Gasteiger partial charge on any atom is 0.433 e. The van der Waals surface area contributed by atoms with Crippen molar-refractivity contribution in [3.05, 3.63) is 58.7 Å². The summed E-state index contributed by atoms with van der Waals surface area (Å²) in [6.45, 7) is 0.557. The molecule has 28 heavy (non-hydrogen) atoms. The van der Waals surface area contributed by atoms with Gasteiger partial charge in [-0.1, -0.05) is 6.07 Å². The summed E-state index contributed by atoms with van der Waals surface area (Å²) in [7, 11) is 0. The number of hydrogen-bond acceptors (Lipinski definition) is 4. The molecule has 1 fully saturated rings. The van der Waals surface area contributed by atoms with Crippen LogP contribution in [-0.2, 0) is 22.8 Å². The quantitative estimate of drug-likeness (QED) is 0.863. The van der Waals surface area contributed by atoms with Gasteiger partial charge < -0.3 is 5.32 Å². The second kappa shape index (κ2) is 5.86. The molecule has 2 aromatic rings. The number of nitrogens with zero attached hydrogens (tertiary/aromatic N) is 3. The molecule has 8 heteroatoms. The largest absolute Gasteiger partial charge is 0.433 e. The van der Waals surface area contributed by atoms with Crippen LogP contribution in [0.25, 0.3) is 0 Å². The van der Waals surface area contributed by atoms with E-state index < -0.39 is 17.3 Å². The van der Waals surface area contributed by atoms with Gasteiger partial charge in [-0.15, -0.1) is 0 Å². The number of amides is 1. The molecule has 1 spiro atoms. The SMILES string of the molecule is O=C1NC(=NCC2CC2)c2ccc(C(F)(F)F)nc2[C@]12CCc1ncccc12. The van der Waals surface area contributed by atoms with Crippen LogP contribution >= 0.6 is 0 Å². The normalized spacial score (nSPS) is 25.0. The summed E-state index contributed by atoms with van der Waals surface area (Å²) in [5.41, 5.74) is -0.321. The van der Waals surface area contributed by atoms with Gasteiger partial charge in [0.15, 0.2) is 0 Å². The topological polar surface area (TPSA) is 67.2 Å². The summed E-state index contributed by atoms with van der Waals surface area (Å²) in [5.74, 6) is 0.423. The van der Waals surface area contributed by atoms with Crippen LogP contribution in [0.2, 0.25) is 0 Å². The molecular formula is C20H17F3N4O. The van der Waals surface area contributed by atoms with Crippen molar-refractivity contribution in [2.24, 2.45) is 10.9 Å². The maximum atomic E-state index is 13.4. The molecule has 0 saturated heterocycles. The molecule has 1 N–H and O–H groups in total. The lowest BCUT2D eigenvalue weighted by Gasteiger charge is -2.35. The number of halogens is 3. The minimum absolute atomic E-state index is 0.132. The smallest absolute Gasteiger partial charge is 0.309 e. The van der Waals surface area contributed by atoms with Crippen LogP contribution in [0, 0.1) is 5.92 Å². The molecule has 0 bridgehead atoms. The van der Waals surface area contributed by atoms with Gasteiger partial charge in [-0.2, -0.15) is 13.2 Å². The number of rotatable bonds is 2. The second-order valence-corrected chi connectivity index (χ2v) is 7.58. The number of fused-ring (bicyclic) bond motifs is 4. The lowest BCUT2D eigenvalue weighted by Crippen LogP contribution is -2.53. The lowest BCUT2D eigenvalue weighted by atomic mass is 9.73. The van der Waals surface area contributed by atoms with E-state index in [-0.39, 0.29) is 11.6 Å². The van der Waals surface area contributed by atoms with Gasteiger partial charge in [0.25, 0.3) is 0 Å². The number of hydrogen-bond donors (Lipinski definition) is 1. The van der Waals surface area contributed by atoms with Crippen LogP contribution in [0.4, 0.5) is 13.2 Å². The number of aromatic nitrogens is 2. The molecule has 1 atom stereocenters. The van der Waals surface area contributed by atoms with Gasteiger partial charge in [0.05, 0.1) is 5.69 Å². The summed E-state index contributed by atoms with van der Waals surface area (Å²) in [6.07, 6.45) is 0.0585. The average molecular weight is 386 g/mol. The van der Waals surface area contributed by atoms with Crippen molar-refractivity contribution >= 4 is 11.7 Å². The van der Waals surface area contributed by atoms with E-state index in [1.54, 1.807) is 18.3 Å². The van der Waals surface area contributed by atoms with Gasteiger partial charge in [0.1, 0.15) is 16.9 Å². The van der Waals surface area contributed by atoms with E-state index in [0.717, 1.165) is 24.6 Å². The Labute approximate surface area is 159 Å². The Morgan fingerprint density at radius 3 is 2.82 bits per heavy atom. The molecule has 1 saturated carbocycles. The Balaban J connectivity index is 1.73. The molecule has 3 heterocycles. The van der Waals surface area contributed by atoms with Crippen molar-refractivity contribution in [1.29, 1.82) is 0 Å². The van der Waals surface area contributed by atoms with Crippen LogP contribution in [-0.4, -0.2) is 28.3 Å². The van der Waals surface area contributed by atoms with Gasteiger partial charge in [0.2, 0.25) is 5.91 Å². The summed E-state index contributed by atoms with van der Waals surface area (Å²) in [6, 6.07) is 5.79. The molecule has 0 aromatic carbocycles. The van der Waals surface area contributed by atoms with E-state index in [9.17, 15) is 18.0 Å². The zero-order chi connectivity index (χ0) is 19.5. The van der Waals surface area contributed by atoms with Crippen molar-refractivity contribution in [3.63, 3.8) is 0 Å². The fraction of sp³-hybridized carbons (Fsp3) is 0.400. The van der Waals surface area contributed by atoms with Gasteiger partial charge in [-0.05, 0) is 55.4 Å². The highest BCUT2D eigenvalue weighted by Gasteiger charge is 2.53. The zero-order valence-corrected chi connectivity index (χ0v) is 14.9. The average Bonchev–Trinajstić information content (AvgIpc) is 3.42. The minimum atomic E-state index is -4.59. The van der Waals surface area contributed by atoms with E-state index >= 15 is 0 Å². The maximum absolute atomic E-state index is 13.4. The third-order valence-electron chi connectivity index (χ3n) is 5.76. The summed E-state index contributed by atoms with van der Waals surface area (Å²) in [4.78, 5) is 26.0. The van der Waals surface area contributed by atoms with E-state index in [4.69, 9.17) is 0 Å². The van der Waals surface area contributed by atoms with Crippen molar-refractivity contribution in [2.75, 3.05) is 6.54 Å². The predicted molar refractivity (Wildman–Crippen MR) is 94.8 cm³/mol. The van der Waals surface area contributed by atoms with E-state index in [1.807, 2.05) is 0 Å². The highest BCUT2D eigenvalue weighted by Crippen LogP contribution is 2.46. The molecule has 1 amide bonds. The van der Waals surface area contributed by atoms with Crippen molar-refractivity contribution in [1.82, 2.24) is 15.3 Å². The van der Waals surface area contributed by atoms with Gasteiger partial charge in [0, 0.05) is 24.0 Å². The van der Waals surface area contributed by atoms with Crippen LogP contribution in [0.15, 0.2) is 35.5 Å². The van der Waals surface area contributed by atoms with E-state index in [2.05, 4.69) is 20.3 Å². The van der Waals surface area contributed by atoms with E-state index in [1.165, 1.54) is 6.07 Å². The first kappa shape index (κ1) is 17.3. The molecular weight excluding hydrogens is 369 g/mol. The monoisotopic (exact) mass is 386 g/mol. The number of nitrogens with one attached hydrogen (secondary N) is 1. The molecule has 144 valence electrons. The van der Waals surface area contributed by atoms with E-state index in [0.29, 0.717) is 42.3 Å². The first-order valence-electron chi connectivity index (χ1n) is 9.29. The molecule has 3 aliphatic rings. The summed E-state index contributed by atoms with van der Waals surface area (Å²) >= 11 is 0. The molecule has 2 aromatic heterocycles. The van der Waals surface area contributed by atoms with Crippen LogP contribution in [0.3, 0.4) is 0 Å². The summed E-state index contributed by atoms with van der Waals surface area (Å²) < 4.78 is 40.1. The third kappa shape index (κ3) is 2.54. The number of amidine groups is 1. The number of carbonyl (C=O) groups excluding carboxylic acids is 1. The molecule has 5 nitrogen and oxygen atoms in total. The number of pyridine rings is 2. The molecule has 5 rings (SSSR count). The Bertz CT molecular complexity index is 1010. The second-order valence-electron chi connectivity index (χ2n) is 7.58. The molecule has 1 aliphatic heterocycles. The Hall–Kier alpha value is -2.77.